The van der Waals surface area contributed by atoms with Gasteiger partial charge in [-0.15, -0.1) is 0 Å². The van der Waals surface area contributed by atoms with Gasteiger partial charge in [-0.3, -0.25) is 4.79 Å². The summed E-state index contributed by atoms with van der Waals surface area (Å²) in [5.41, 5.74) is 6.21. The molecule has 2 N–H and O–H groups in total. The predicted octanol–water partition coefficient (Wildman–Crippen LogP) is 7.72. The van der Waals surface area contributed by atoms with Gasteiger partial charge >= 0.3 is 0 Å². The van der Waals surface area contributed by atoms with Crippen molar-refractivity contribution in [1.29, 1.82) is 0 Å². The molecular formula is C30H55NO3Si2. The number of primary amides is 1. The summed E-state index contributed by atoms with van der Waals surface area (Å²) < 4.78 is 13.7. The Labute approximate surface area is 223 Å². The van der Waals surface area contributed by atoms with Crippen LogP contribution in [0.1, 0.15) is 78.6 Å². The summed E-state index contributed by atoms with van der Waals surface area (Å²) in [6.07, 6.45) is 13.4. The van der Waals surface area contributed by atoms with Gasteiger partial charge in [0.05, 0.1) is 5.76 Å². The summed E-state index contributed by atoms with van der Waals surface area (Å²) in [6.45, 7) is 21.6. The fraction of sp³-hybridized carbons (Fsp3) is 0.900. The lowest BCUT2D eigenvalue weighted by Crippen LogP contribution is -2.55. The van der Waals surface area contributed by atoms with E-state index in [-0.39, 0.29) is 5.91 Å². The van der Waals surface area contributed by atoms with E-state index in [1.807, 2.05) is 0 Å². The molecule has 0 aromatic heterocycles. The number of rotatable bonds is 8. The lowest BCUT2D eigenvalue weighted by Gasteiger charge is -2.60. The van der Waals surface area contributed by atoms with E-state index < -0.39 is 16.6 Å². The van der Waals surface area contributed by atoms with Crippen molar-refractivity contribution in [2.45, 2.75) is 124 Å². The zero-order valence-electron chi connectivity index (χ0n) is 24.8. The van der Waals surface area contributed by atoms with Crippen LogP contribution in [0.25, 0.3) is 0 Å². The van der Waals surface area contributed by atoms with Crippen LogP contribution in [0.15, 0.2) is 11.8 Å². The second kappa shape index (κ2) is 9.86. The molecule has 0 bridgehead atoms. The molecular weight excluding hydrogens is 479 g/mol. The summed E-state index contributed by atoms with van der Waals surface area (Å²) in [5.74, 6) is 4.96. The maximum absolute atomic E-state index is 11.5. The van der Waals surface area contributed by atoms with Crippen molar-refractivity contribution in [3.05, 3.63) is 11.8 Å². The van der Waals surface area contributed by atoms with Crippen LogP contribution in [0, 0.1) is 46.3 Å². The Kier molecular flexibility index (Phi) is 7.78. The molecule has 0 radical (unpaired) electrons. The molecule has 0 spiro atoms. The number of nitrogens with two attached hydrogens (primary N) is 1. The largest absolute Gasteiger partial charge is 0.547 e. The first kappa shape index (κ1) is 28.4. The smallest absolute Gasteiger partial charge is 0.241 e. The summed E-state index contributed by atoms with van der Waals surface area (Å²) in [4.78, 5) is 11.5. The highest BCUT2D eigenvalue weighted by Crippen LogP contribution is 2.68. The van der Waals surface area contributed by atoms with Crippen LogP contribution in [-0.4, -0.2) is 28.6 Å². The van der Waals surface area contributed by atoms with Crippen LogP contribution in [0.4, 0.5) is 0 Å². The normalized spacial score (nSPS) is 41.5. The van der Waals surface area contributed by atoms with Crippen molar-refractivity contribution in [1.82, 2.24) is 0 Å². The van der Waals surface area contributed by atoms with Gasteiger partial charge < -0.3 is 14.6 Å². The molecule has 6 heteroatoms. The van der Waals surface area contributed by atoms with E-state index in [9.17, 15) is 4.79 Å². The van der Waals surface area contributed by atoms with Gasteiger partial charge in [-0.05, 0) is 137 Å². The second-order valence-corrected chi connectivity index (χ2v) is 24.4. The molecule has 4 rings (SSSR count). The minimum atomic E-state index is -1.73. The highest BCUT2D eigenvalue weighted by molar-refractivity contribution is 6.70. The van der Waals surface area contributed by atoms with Crippen molar-refractivity contribution < 1.29 is 13.6 Å². The maximum Gasteiger partial charge on any atom is 0.241 e. The van der Waals surface area contributed by atoms with E-state index in [1.165, 1.54) is 44.3 Å². The Bertz CT molecular complexity index is 861. The highest BCUT2D eigenvalue weighted by atomic mass is 28.4. The third kappa shape index (κ3) is 5.56. The van der Waals surface area contributed by atoms with Crippen LogP contribution in [0.2, 0.25) is 39.3 Å². The van der Waals surface area contributed by atoms with Crippen LogP contribution in [-0.2, 0) is 13.6 Å². The SMILES string of the molecule is CC(CCC(N)=O)[C@H]1CC[C@H]2[C@@H]3C(O[Si](C)(C)C)=C[C@@H]4C[C@H](O[Si](C)(C)C)CC[C@]4(C)[C@H]3CC[C@]12C. The zero-order chi connectivity index (χ0) is 26.7. The van der Waals surface area contributed by atoms with Crippen LogP contribution in [0.5, 0.6) is 0 Å². The number of hydrogen-bond acceptors (Lipinski definition) is 3. The molecule has 0 saturated heterocycles. The lowest BCUT2D eigenvalue weighted by atomic mass is 9.46. The molecule has 206 valence electrons. The summed E-state index contributed by atoms with van der Waals surface area (Å²) in [6, 6.07) is 0. The van der Waals surface area contributed by atoms with Gasteiger partial charge in [-0.25, -0.2) is 0 Å². The first-order valence-corrected chi connectivity index (χ1v) is 21.7. The summed E-state index contributed by atoms with van der Waals surface area (Å²) in [5, 5.41) is 0. The van der Waals surface area contributed by atoms with E-state index >= 15 is 0 Å². The third-order valence-electron chi connectivity index (χ3n) is 10.7. The minimum absolute atomic E-state index is 0.154. The molecule has 3 saturated carbocycles. The maximum atomic E-state index is 11.5. The zero-order valence-corrected chi connectivity index (χ0v) is 26.8. The summed E-state index contributed by atoms with van der Waals surface area (Å²) in [7, 11) is -3.28. The lowest BCUT2D eigenvalue weighted by molar-refractivity contribution is -0.118. The average molecular weight is 534 g/mol. The molecule has 0 aromatic rings. The fourth-order valence-electron chi connectivity index (χ4n) is 9.24. The van der Waals surface area contributed by atoms with Crippen molar-refractivity contribution in [3.63, 3.8) is 0 Å². The second-order valence-electron chi connectivity index (χ2n) is 15.5. The standard InChI is InChI=1S/C30H55NO3Si2/c1-20(10-13-27(31)32)23-11-12-24-28-25(15-17-30(23,24)3)29(2)16-14-22(33-35(4,5)6)18-21(29)19-26(28)34-36(7,8)9/h19-25,28H,10-18H2,1-9H3,(H2,31,32)/t20?,21-,22+,23+,24-,25-,28-,29-,30+/m0/s1. The molecule has 0 aliphatic heterocycles. The van der Waals surface area contributed by atoms with Crippen molar-refractivity contribution in [2.75, 3.05) is 0 Å². The number of fused-ring (bicyclic) bond motifs is 5. The van der Waals surface area contributed by atoms with Gasteiger partial charge in [0.15, 0.2) is 8.32 Å². The predicted molar refractivity (Wildman–Crippen MR) is 154 cm³/mol. The molecule has 3 fully saturated rings. The monoisotopic (exact) mass is 533 g/mol. The summed E-state index contributed by atoms with van der Waals surface area (Å²) >= 11 is 0. The van der Waals surface area contributed by atoms with Gasteiger partial charge in [0.25, 0.3) is 0 Å². The van der Waals surface area contributed by atoms with Crippen LogP contribution < -0.4 is 5.73 Å². The number of carbonyl (C=O) groups is 1. The number of hydrogen-bond donors (Lipinski definition) is 1. The molecule has 9 atom stereocenters. The average Bonchev–Trinajstić information content (AvgIpc) is 3.08. The Morgan fingerprint density at radius 2 is 1.64 bits per heavy atom. The van der Waals surface area contributed by atoms with E-state index in [0.29, 0.717) is 58.9 Å². The Hall–Kier alpha value is -0.596. The van der Waals surface area contributed by atoms with Gasteiger partial charge in [0, 0.05) is 18.4 Å². The quantitative estimate of drug-likeness (QED) is 0.325. The molecule has 4 nitrogen and oxygen atoms in total. The van der Waals surface area contributed by atoms with Gasteiger partial charge in [0.1, 0.15) is 0 Å². The first-order chi connectivity index (χ1) is 16.5. The molecule has 4 aliphatic rings. The van der Waals surface area contributed by atoms with E-state index in [2.05, 4.69) is 66.1 Å². The van der Waals surface area contributed by atoms with Crippen LogP contribution in [0.3, 0.4) is 0 Å². The number of carbonyl (C=O) groups excluding carboxylic acids is 1. The van der Waals surface area contributed by atoms with Crippen molar-refractivity contribution in [2.24, 2.45) is 52.1 Å². The topological polar surface area (TPSA) is 61.6 Å². The highest BCUT2D eigenvalue weighted by Gasteiger charge is 2.62. The molecule has 4 aliphatic carbocycles. The third-order valence-corrected chi connectivity index (χ3v) is 12.6. The van der Waals surface area contributed by atoms with Gasteiger partial charge in [-0.2, -0.15) is 0 Å². The van der Waals surface area contributed by atoms with E-state index in [4.69, 9.17) is 14.6 Å². The van der Waals surface area contributed by atoms with E-state index in [1.54, 1.807) is 0 Å². The van der Waals surface area contributed by atoms with Gasteiger partial charge in [0.2, 0.25) is 14.2 Å². The van der Waals surface area contributed by atoms with Crippen molar-refractivity contribution >= 4 is 22.5 Å². The number of amides is 1. The number of allylic oxidation sites excluding steroid dienone is 2. The Morgan fingerprint density at radius 3 is 2.25 bits per heavy atom. The van der Waals surface area contributed by atoms with Gasteiger partial charge in [-0.1, -0.05) is 20.8 Å². The fourth-order valence-corrected chi connectivity index (χ4v) is 11.4. The van der Waals surface area contributed by atoms with Crippen LogP contribution >= 0.6 is 0 Å². The molecule has 36 heavy (non-hydrogen) atoms. The minimum Gasteiger partial charge on any atom is -0.547 e. The molecule has 1 amide bonds. The van der Waals surface area contributed by atoms with E-state index in [0.717, 1.165) is 12.8 Å². The first-order valence-electron chi connectivity index (χ1n) is 14.9. The molecule has 1 unspecified atom stereocenters. The Morgan fingerprint density at radius 1 is 1.00 bits per heavy atom. The Balaban J connectivity index is 1.65. The van der Waals surface area contributed by atoms with Crippen molar-refractivity contribution in [3.8, 4) is 0 Å². The molecule has 0 aromatic carbocycles. The molecule has 0 heterocycles.